The number of aromatic nitrogens is 1. The minimum atomic E-state index is -0.502. The number of hydrogen-bond donors (Lipinski definition) is 1. The van der Waals surface area contributed by atoms with E-state index in [1.165, 1.54) is 11.3 Å². The van der Waals surface area contributed by atoms with E-state index in [9.17, 15) is 9.59 Å². The lowest BCUT2D eigenvalue weighted by Gasteiger charge is -2.23. The third-order valence-corrected chi connectivity index (χ3v) is 5.12. The number of anilines is 1. The van der Waals surface area contributed by atoms with E-state index in [1.807, 2.05) is 6.92 Å². The van der Waals surface area contributed by atoms with Crippen LogP contribution in [0.15, 0.2) is 24.4 Å². The van der Waals surface area contributed by atoms with Crippen molar-refractivity contribution >= 4 is 52.0 Å². The number of nitrogens with one attached hydrogen (secondary N) is 1. The molecule has 2 amide bonds. The van der Waals surface area contributed by atoms with Crippen LogP contribution in [-0.4, -0.2) is 34.3 Å². The van der Waals surface area contributed by atoms with Gasteiger partial charge in [-0.25, -0.2) is 4.98 Å². The molecule has 126 valence electrons. The third kappa shape index (κ3) is 3.71. The first-order chi connectivity index (χ1) is 11.4. The first-order valence-corrected chi connectivity index (χ1v) is 9.01. The normalized spacial score (nSPS) is 17.1. The van der Waals surface area contributed by atoms with E-state index in [1.54, 1.807) is 29.3 Å². The maximum absolute atomic E-state index is 12.6. The molecule has 1 unspecified atom stereocenters. The number of nitrogens with zero attached hydrogens (tertiary/aromatic N) is 2. The Morgan fingerprint density at radius 2 is 2.00 bits per heavy atom. The van der Waals surface area contributed by atoms with Gasteiger partial charge in [0.15, 0.2) is 0 Å². The molecule has 3 rings (SSSR count). The lowest BCUT2D eigenvalue weighted by atomic mass is 10.2. The van der Waals surface area contributed by atoms with Gasteiger partial charge < -0.3 is 10.2 Å². The second-order valence-electron chi connectivity index (χ2n) is 5.55. The van der Waals surface area contributed by atoms with Gasteiger partial charge in [0.2, 0.25) is 5.91 Å². The molecule has 1 N–H and O–H groups in total. The van der Waals surface area contributed by atoms with Crippen LogP contribution < -0.4 is 5.32 Å². The summed E-state index contributed by atoms with van der Waals surface area (Å²) >= 11 is 13.2. The van der Waals surface area contributed by atoms with Crippen molar-refractivity contribution in [2.45, 2.75) is 25.8 Å². The molecule has 8 heteroatoms. The lowest BCUT2D eigenvalue weighted by molar-refractivity contribution is -0.119. The molecule has 1 saturated heterocycles. The zero-order valence-corrected chi connectivity index (χ0v) is 15.2. The van der Waals surface area contributed by atoms with Crippen molar-refractivity contribution < 1.29 is 9.59 Å². The molecule has 0 bridgehead atoms. The molecule has 1 atom stereocenters. The molecule has 2 aromatic rings. The van der Waals surface area contributed by atoms with Crippen molar-refractivity contribution in [3.63, 3.8) is 0 Å². The average molecular weight is 384 g/mol. The Morgan fingerprint density at radius 3 is 2.62 bits per heavy atom. The number of halogens is 2. The van der Waals surface area contributed by atoms with Crippen LogP contribution in [0.25, 0.3) is 0 Å². The summed E-state index contributed by atoms with van der Waals surface area (Å²) < 4.78 is 0. The van der Waals surface area contributed by atoms with Gasteiger partial charge in [-0.2, -0.15) is 0 Å². The maximum atomic E-state index is 12.6. The van der Waals surface area contributed by atoms with Crippen molar-refractivity contribution in [1.29, 1.82) is 0 Å². The van der Waals surface area contributed by atoms with Gasteiger partial charge in [-0.3, -0.25) is 9.59 Å². The molecule has 1 aromatic carbocycles. The maximum Gasteiger partial charge on any atom is 0.266 e. The predicted molar refractivity (Wildman–Crippen MR) is 96.0 cm³/mol. The van der Waals surface area contributed by atoms with Crippen LogP contribution in [0.3, 0.4) is 0 Å². The van der Waals surface area contributed by atoms with E-state index >= 15 is 0 Å². The number of rotatable bonds is 3. The molecule has 1 aliphatic rings. The van der Waals surface area contributed by atoms with Gasteiger partial charge in [0.05, 0.1) is 11.2 Å². The number of hydrogen-bond acceptors (Lipinski definition) is 4. The van der Waals surface area contributed by atoms with E-state index in [0.717, 1.165) is 11.4 Å². The van der Waals surface area contributed by atoms with E-state index in [4.69, 9.17) is 23.2 Å². The highest BCUT2D eigenvalue weighted by Gasteiger charge is 2.35. The van der Waals surface area contributed by atoms with E-state index in [2.05, 4.69) is 10.3 Å². The van der Waals surface area contributed by atoms with E-state index in [-0.39, 0.29) is 11.8 Å². The third-order valence-electron chi connectivity index (χ3n) is 3.78. The monoisotopic (exact) mass is 383 g/mol. The fourth-order valence-electron chi connectivity index (χ4n) is 2.74. The fraction of sp³-hybridized carbons (Fsp3) is 0.312. The highest BCUT2D eigenvalue weighted by atomic mass is 35.5. The minimum absolute atomic E-state index is 0.151. The number of carbonyl (C=O) groups excluding carboxylic acids is 2. The van der Waals surface area contributed by atoms with E-state index < -0.39 is 6.04 Å². The molecule has 1 aromatic heterocycles. The molecule has 2 heterocycles. The summed E-state index contributed by atoms with van der Waals surface area (Å²) in [4.78, 5) is 31.5. The summed E-state index contributed by atoms with van der Waals surface area (Å²) in [6.07, 6.45) is 2.98. The van der Waals surface area contributed by atoms with Crippen LogP contribution in [0.4, 0.5) is 5.69 Å². The highest BCUT2D eigenvalue weighted by molar-refractivity contribution is 7.13. The van der Waals surface area contributed by atoms with Crippen molar-refractivity contribution in [1.82, 2.24) is 9.88 Å². The van der Waals surface area contributed by atoms with Crippen LogP contribution in [0.1, 0.15) is 27.5 Å². The minimum Gasteiger partial charge on any atom is -0.326 e. The molecular formula is C16H15Cl2N3O2S. The summed E-state index contributed by atoms with van der Waals surface area (Å²) in [5, 5.41) is 4.50. The Bertz CT molecular complexity index is 773. The molecule has 0 aliphatic carbocycles. The van der Waals surface area contributed by atoms with Gasteiger partial charge >= 0.3 is 0 Å². The van der Waals surface area contributed by atoms with Gasteiger partial charge in [0.1, 0.15) is 10.9 Å². The zero-order chi connectivity index (χ0) is 17.3. The predicted octanol–water partition coefficient (Wildman–Crippen LogP) is 4.00. The Kier molecular flexibility index (Phi) is 5.08. The quantitative estimate of drug-likeness (QED) is 0.870. The molecule has 1 fully saturated rings. The number of benzene rings is 1. The van der Waals surface area contributed by atoms with Crippen LogP contribution in [-0.2, 0) is 4.79 Å². The number of likely N-dealkylation sites (tertiary alicyclic amines) is 1. The lowest BCUT2D eigenvalue weighted by Crippen LogP contribution is -2.42. The first kappa shape index (κ1) is 17.2. The van der Waals surface area contributed by atoms with Gasteiger partial charge in [0, 0.05) is 22.3 Å². The van der Waals surface area contributed by atoms with Crippen molar-refractivity contribution in [3.05, 3.63) is 44.3 Å². The smallest absolute Gasteiger partial charge is 0.266 e. The van der Waals surface area contributed by atoms with Gasteiger partial charge in [-0.1, -0.05) is 23.2 Å². The number of carbonyl (C=O) groups is 2. The molecule has 0 saturated carbocycles. The largest absolute Gasteiger partial charge is 0.326 e. The highest BCUT2D eigenvalue weighted by Crippen LogP contribution is 2.26. The van der Waals surface area contributed by atoms with Crippen molar-refractivity contribution in [2.24, 2.45) is 0 Å². The number of thiazole rings is 1. The molecule has 0 radical (unpaired) electrons. The van der Waals surface area contributed by atoms with Crippen LogP contribution in [0.2, 0.25) is 10.0 Å². The van der Waals surface area contributed by atoms with E-state index in [0.29, 0.717) is 33.6 Å². The molecule has 5 nitrogen and oxygen atoms in total. The molecule has 24 heavy (non-hydrogen) atoms. The Balaban J connectivity index is 1.75. The summed E-state index contributed by atoms with van der Waals surface area (Å²) in [7, 11) is 0. The SMILES string of the molecule is Cc1ncc(C(=O)N2CCCC2C(=O)Nc2cc(Cl)cc(Cl)c2)s1. The summed E-state index contributed by atoms with van der Waals surface area (Å²) in [6, 6.07) is 4.34. The average Bonchev–Trinajstić information content (AvgIpc) is 3.14. The first-order valence-electron chi connectivity index (χ1n) is 7.44. The standard InChI is InChI=1S/C16H15Cl2N3O2S/c1-9-19-8-14(24-9)16(23)21-4-2-3-13(21)15(22)20-12-6-10(17)5-11(18)7-12/h5-8,13H,2-4H2,1H3,(H,20,22). The van der Waals surface area contributed by atoms with Gasteiger partial charge in [-0.15, -0.1) is 11.3 Å². The topological polar surface area (TPSA) is 62.3 Å². The second-order valence-corrected chi connectivity index (χ2v) is 7.66. The zero-order valence-electron chi connectivity index (χ0n) is 12.9. The van der Waals surface area contributed by atoms with Crippen LogP contribution in [0.5, 0.6) is 0 Å². The number of aryl methyl sites for hydroxylation is 1. The summed E-state index contributed by atoms with van der Waals surface area (Å²) in [6.45, 7) is 2.41. The van der Waals surface area contributed by atoms with Gasteiger partial charge in [-0.05, 0) is 38.0 Å². The van der Waals surface area contributed by atoms with Gasteiger partial charge in [0.25, 0.3) is 5.91 Å². The van der Waals surface area contributed by atoms with Crippen molar-refractivity contribution in [3.8, 4) is 0 Å². The van der Waals surface area contributed by atoms with Crippen LogP contribution in [0, 0.1) is 6.92 Å². The molecule has 1 aliphatic heterocycles. The fourth-order valence-corrected chi connectivity index (χ4v) is 4.00. The Labute approximate surface area is 153 Å². The van der Waals surface area contributed by atoms with Crippen LogP contribution >= 0.6 is 34.5 Å². The Hall–Kier alpha value is -1.63. The number of amides is 2. The Morgan fingerprint density at radius 1 is 1.29 bits per heavy atom. The van der Waals surface area contributed by atoms with Crippen molar-refractivity contribution in [2.75, 3.05) is 11.9 Å². The molecule has 0 spiro atoms. The summed E-state index contributed by atoms with van der Waals surface area (Å²) in [5.41, 5.74) is 0.519. The second kappa shape index (κ2) is 7.09. The summed E-state index contributed by atoms with van der Waals surface area (Å²) in [5.74, 6) is -0.386. The molecular weight excluding hydrogens is 369 g/mol.